The van der Waals surface area contributed by atoms with Crippen LogP contribution < -0.4 is 11.1 Å². The van der Waals surface area contributed by atoms with Gasteiger partial charge in [-0.2, -0.15) is 0 Å². The normalized spacial score (nSPS) is 23.1. The number of carbonyl (C=O) groups is 1. The fourth-order valence-corrected chi connectivity index (χ4v) is 4.99. The van der Waals surface area contributed by atoms with Crippen LogP contribution in [0.1, 0.15) is 42.4 Å². The highest BCUT2D eigenvalue weighted by Gasteiger charge is 2.29. The maximum atomic E-state index is 12.9. The minimum atomic E-state index is -0.414. The predicted molar refractivity (Wildman–Crippen MR) is 109 cm³/mol. The number of piperidine rings is 1. The highest BCUT2D eigenvalue weighted by atomic mass is 16.2. The van der Waals surface area contributed by atoms with Crippen molar-refractivity contribution in [2.24, 2.45) is 5.73 Å². The molecule has 0 spiro atoms. The molecule has 5 heteroatoms. The standard InChI is InChI=1S/C22H34N4O/c23-21(16-17-5-6-18-3-1-2-4-19(18)15-17)22(27)26-11-7-20(8-12-26)25-13-9-24-10-14-25/h5-6,15,20-21,24H,1-4,7-14,16,23H2/t21-/m1/s1. The molecule has 4 rings (SSSR count). The van der Waals surface area contributed by atoms with Gasteiger partial charge in [-0.25, -0.2) is 0 Å². The lowest BCUT2D eigenvalue weighted by molar-refractivity contribution is -0.134. The monoisotopic (exact) mass is 370 g/mol. The van der Waals surface area contributed by atoms with Crippen molar-refractivity contribution in [1.82, 2.24) is 15.1 Å². The second kappa shape index (κ2) is 8.72. The van der Waals surface area contributed by atoms with Crippen LogP contribution in [0.3, 0.4) is 0 Å². The van der Waals surface area contributed by atoms with Gasteiger partial charge in [0.1, 0.15) is 0 Å². The van der Waals surface area contributed by atoms with Crippen molar-refractivity contribution in [3.05, 3.63) is 34.9 Å². The lowest BCUT2D eigenvalue weighted by atomic mass is 9.89. The van der Waals surface area contributed by atoms with Crippen molar-refractivity contribution in [3.63, 3.8) is 0 Å². The van der Waals surface area contributed by atoms with Crippen molar-refractivity contribution < 1.29 is 4.79 Å². The van der Waals surface area contributed by atoms with E-state index in [2.05, 4.69) is 28.4 Å². The summed E-state index contributed by atoms with van der Waals surface area (Å²) in [5, 5.41) is 3.42. The number of benzene rings is 1. The zero-order valence-electron chi connectivity index (χ0n) is 16.5. The molecule has 2 fully saturated rings. The molecule has 1 aromatic rings. The summed E-state index contributed by atoms with van der Waals surface area (Å²) in [5.41, 5.74) is 10.5. The molecule has 1 aliphatic carbocycles. The number of hydrogen-bond acceptors (Lipinski definition) is 4. The molecule has 27 heavy (non-hydrogen) atoms. The quantitative estimate of drug-likeness (QED) is 0.839. The van der Waals surface area contributed by atoms with Gasteiger partial charge < -0.3 is 16.0 Å². The van der Waals surface area contributed by atoms with E-state index in [-0.39, 0.29) is 5.91 Å². The number of rotatable bonds is 4. The number of fused-ring (bicyclic) bond motifs is 1. The molecular formula is C22H34N4O. The Kier molecular flexibility index (Phi) is 6.11. The Bertz CT molecular complexity index is 648. The first-order chi connectivity index (χ1) is 13.2. The number of likely N-dealkylation sites (tertiary alicyclic amines) is 1. The summed E-state index contributed by atoms with van der Waals surface area (Å²) in [7, 11) is 0. The summed E-state index contributed by atoms with van der Waals surface area (Å²) in [5.74, 6) is 0.131. The van der Waals surface area contributed by atoms with Gasteiger partial charge >= 0.3 is 0 Å². The zero-order chi connectivity index (χ0) is 18.6. The van der Waals surface area contributed by atoms with Crippen LogP contribution >= 0.6 is 0 Å². The zero-order valence-corrected chi connectivity index (χ0v) is 16.5. The van der Waals surface area contributed by atoms with E-state index in [4.69, 9.17) is 5.73 Å². The molecule has 3 N–H and O–H groups in total. The van der Waals surface area contributed by atoms with Crippen LogP contribution in [0.25, 0.3) is 0 Å². The van der Waals surface area contributed by atoms with Gasteiger partial charge in [-0.3, -0.25) is 9.69 Å². The van der Waals surface area contributed by atoms with Gasteiger partial charge in [0.2, 0.25) is 5.91 Å². The molecule has 0 radical (unpaired) electrons. The smallest absolute Gasteiger partial charge is 0.239 e. The third-order valence-corrected chi connectivity index (χ3v) is 6.63. The summed E-state index contributed by atoms with van der Waals surface area (Å²) in [6, 6.07) is 6.93. The predicted octanol–water partition coefficient (Wildman–Crippen LogP) is 1.33. The first-order valence-electron chi connectivity index (χ1n) is 10.8. The Hall–Kier alpha value is -1.43. The van der Waals surface area contributed by atoms with E-state index < -0.39 is 6.04 Å². The van der Waals surface area contributed by atoms with Crippen LogP contribution in [0.2, 0.25) is 0 Å². The molecule has 2 aliphatic heterocycles. The Morgan fingerprint density at radius 1 is 1.07 bits per heavy atom. The van der Waals surface area contributed by atoms with Crippen LogP contribution in [-0.4, -0.2) is 67.1 Å². The van der Waals surface area contributed by atoms with Crippen LogP contribution in [0, 0.1) is 0 Å². The van der Waals surface area contributed by atoms with Crippen molar-refractivity contribution in [3.8, 4) is 0 Å². The SMILES string of the molecule is N[C@H](Cc1ccc2c(c1)CCCC2)C(=O)N1CCC(N2CCNCC2)CC1. The van der Waals surface area contributed by atoms with Crippen LogP contribution in [0.5, 0.6) is 0 Å². The van der Waals surface area contributed by atoms with Gasteiger partial charge in [-0.1, -0.05) is 18.2 Å². The van der Waals surface area contributed by atoms with E-state index >= 15 is 0 Å². The summed E-state index contributed by atoms with van der Waals surface area (Å²) < 4.78 is 0. The molecule has 1 amide bonds. The molecule has 1 atom stereocenters. The molecule has 0 saturated carbocycles. The molecule has 1 aromatic carbocycles. The molecule has 3 aliphatic rings. The Morgan fingerprint density at radius 2 is 1.78 bits per heavy atom. The van der Waals surface area contributed by atoms with Gasteiger partial charge in [0.15, 0.2) is 0 Å². The van der Waals surface area contributed by atoms with Gasteiger partial charge in [0.25, 0.3) is 0 Å². The Labute approximate surface area is 163 Å². The Balaban J connectivity index is 1.29. The van der Waals surface area contributed by atoms with Crippen molar-refractivity contribution >= 4 is 5.91 Å². The van der Waals surface area contributed by atoms with Gasteiger partial charge in [0, 0.05) is 45.3 Å². The fourth-order valence-electron chi connectivity index (χ4n) is 4.99. The van der Waals surface area contributed by atoms with Gasteiger partial charge in [-0.15, -0.1) is 0 Å². The first-order valence-corrected chi connectivity index (χ1v) is 10.8. The minimum absolute atomic E-state index is 0.131. The first kappa shape index (κ1) is 18.9. The van der Waals surface area contributed by atoms with Crippen molar-refractivity contribution in [2.45, 2.75) is 57.0 Å². The molecule has 2 heterocycles. The van der Waals surface area contributed by atoms with E-state index in [1.54, 1.807) is 0 Å². The number of nitrogens with one attached hydrogen (secondary N) is 1. The molecule has 0 bridgehead atoms. The number of carbonyl (C=O) groups excluding carboxylic acids is 1. The Morgan fingerprint density at radius 3 is 2.52 bits per heavy atom. The molecule has 5 nitrogen and oxygen atoms in total. The topological polar surface area (TPSA) is 61.6 Å². The highest BCUT2D eigenvalue weighted by Crippen LogP contribution is 2.23. The highest BCUT2D eigenvalue weighted by molar-refractivity contribution is 5.82. The molecular weight excluding hydrogens is 336 g/mol. The van der Waals surface area contributed by atoms with Crippen molar-refractivity contribution in [1.29, 1.82) is 0 Å². The number of piperazine rings is 1. The summed E-state index contributed by atoms with van der Waals surface area (Å²) >= 11 is 0. The van der Waals surface area contributed by atoms with E-state index in [0.717, 1.165) is 52.1 Å². The molecule has 148 valence electrons. The number of nitrogens with two attached hydrogens (primary N) is 1. The lowest BCUT2D eigenvalue weighted by Crippen LogP contribution is -2.54. The van der Waals surface area contributed by atoms with E-state index in [1.165, 1.54) is 42.4 Å². The largest absolute Gasteiger partial charge is 0.341 e. The number of amides is 1. The van der Waals surface area contributed by atoms with E-state index in [0.29, 0.717) is 12.5 Å². The fraction of sp³-hybridized carbons (Fsp3) is 0.682. The third kappa shape index (κ3) is 4.53. The van der Waals surface area contributed by atoms with Gasteiger partial charge in [-0.05, 0) is 61.6 Å². The van der Waals surface area contributed by atoms with E-state index in [9.17, 15) is 4.79 Å². The summed E-state index contributed by atoms with van der Waals surface area (Å²) in [4.78, 5) is 17.4. The summed E-state index contributed by atoms with van der Waals surface area (Å²) in [6.07, 6.45) is 7.77. The number of hydrogen-bond donors (Lipinski definition) is 2. The van der Waals surface area contributed by atoms with E-state index in [1.807, 2.05) is 4.90 Å². The van der Waals surface area contributed by atoms with Crippen LogP contribution in [0.15, 0.2) is 18.2 Å². The second-order valence-corrected chi connectivity index (χ2v) is 8.46. The third-order valence-electron chi connectivity index (χ3n) is 6.63. The maximum absolute atomic E-state index is 12.9. The van der Waals surface area contributed by atoms with Crippen molar-refractivity contribution in [2.75, 3.05) is 39.3 Å². The van der Waals surface area contributed by atoms with Crippen LogP contribution in [0.4, 0.5) is 0 Å². The molecule has 2 saturated heterocycles. The molecule has 0 aromatic heterocycles. The number of aryl methyl sites for hydroxylation is 2. The lowest BCUT2D eigenvalue weighted by Gasteiger charge is -2.40. The maximum Gasteiger partial charge on any atom is 0.239 e. The van der Waals surface area contributed by atoms with Crippen LogP contribution in [-0.2, 0) is 24.1 Å². The van der Waals surface area contributed by atoms with Gasteiger partial charge in [0.05, 0.1) is 6.04 Å². The second-order valence-electron chi connectivity index (χ2n) is 8.46. The number of nitrogens with zero attached hydrogens (tertiary/aromatic N) is 2. The average Bonchev–Trinajstić information content (AvgIpc) is 2.74. The minimum Gasteiger partial charge on any atom is -0.341 e. The molecule has 0 unspecified atom stereocenters. The summed E-state index contributed by atoms with van der Waals surface area (Å²) in [6.45, 7) is 6.15. The average molecular weight is 371 g/mol.